The maximum Gasteiger partial charge on any atom is 0.255 e. The first kappa shape index (κ1) is 16.2. The number of carbonyl (C=O) groups excluding carboxylic acids is 2. The highest BCUT2D eigenvalue weighted by atomic mass is 16.8. The predicted octanol–water partition coefficient (Wildman–Crippen LogP) is 3.06. The number of imide groups is 1. The number of furan rings is 1. The summed E-state index contributed by atoms with van der Waals surface area (Å²) in [4.78, 5) is 29.9. The summed E-state index contributed by atoms with van der Waals surface area (Å²) >= 11 is 0. The molecule has 2 aliphatic heterocycles. The quantitative estimate of drug-likeness (QED) is 0.650. The van der Waals surface area contributed by atoms with Gasteiger partial charge < -0.3 is 13.9 Å². The summed E-state index contributed by atoms with van der Waals surface area (Å²) in [5.74, 6) is -1.83. The number of fused-ring (bicyclic) bond motifs is 3. The summed E-state index contributed by atoms with van der Waals surface area (Å²) in [5, 5.41) is 1.86. The van der Waals surface area contributed by atoms with E-state index in [2.05, 4.69) is 4.98 Å². The highest BCUT2D eigenvalue weighted by Crippen LogP contribution is 2.41. The minimum atomic E-state index is -0.969. The SMILES string of the molecule is CC1(C)OC(c2ccc3c(n2)oc2ccccc23)[C@@H](N2C(=O)C=CC2=O)O1. The van der Waals surface area contributed by atoms with Crippen molar-refractivity contribution < 1.29 is 23.5 Å². The van der Waals surface area contributed by atoms with Crippen LogP contribution < -0.4 is 0 Å². The van der Waals surface area contributed by atoms with Crippen LogP contribution in [0, 0.1) is 0 Å². The molecule has 0 radical (unpaired) electrons. The number of para-hydroxylation sites is 1. The van der Waals surface area contributed by atoms with Crippen LogP contribution >= 0.6 is 0 Å². The molecule has 1 unspecified atom stereocenters. The molecule has 1 fully saturated rings. The van der Waals surface area contributed by atoms with Crippen molar-refractivity contribution in [2.24, 2.45) is 0 Å². The molecule has 0 saturated carbocycles. The summed E-state index contributed by atoms with van der Waals surface area (Å²) in [6.45, 7) is 3.47. The van der Waals surface area contributed by atoms with Crippen molar-refractivity contribution in [3.05, 3.63) is 54.2 Å². The summed E-state index contributed by atoms with van der Waals surface area (Å²) in [6, 6.07) is 11.4. The fraction of sp³-hybridized carbons (Fsp3) is 0.250. The topological polar surface area (TPSA) is 81.9 Å². The van der Waals surface area contributed by atoms with Gasteiger partial charge in [0.1, 0.15) is 11.7 Å². The third-order valence-corrected chi connectivity index (χ3v) is 4.73. The van der Waals surface area contributed by atoms with Gasteiger partial charge in [-0.15, -0.1) is 0 Å². The van der Waals surface area contributed by atoms with Gasteiger partial charge in [-0.05, 0) is 32.0 Å². The number of aromatic nitrogens is 1. The zero-order valence-electron chi connectivity index (χ0n) is 14.7. The monoisotopic (exact) mass is 364 g/mol. The number of pyridine rings is 1. The van der Waals surface area contributed by atoms with Gasteiger partial charge in [0.05, 0.1) is 5.69 Å². The molecule has 7 heteroatoms. The molecule has 2 aromatic heterocycles. The number of benzene rings is 1. The highest BCUT2D eigenvalue weighted by molar-refractivity contribution is 6.13. The molecule has 1 saturated heterocycles. The Bertz CT molecular complexity index is 1110. The second-order valence-corrected chi connectivity index (χ2v) is 7.01. The summed E-state index contributed by atoms with van der Waals surface area (Å²) in [6.07, 6.45) is 0.836. The van der Waals surface area contributed by atoms with E-state index in [1.165, 1.54) is 12.2 Å². The Morgan fingerprint density at radius 3 is 2.48 bits per heavy atom. The molecule has 4 heterocycles. The van der Waals surface area contributed by atoms with E-state index >= 15 is 0 Å². The molecular weight excluding hydrogens is 348 g/mol. The van der Waals surface area contributed by atoms with Gasteiger partial charge in [-0.1, -0.05) is 18.2 Å². The van der Waals surface area contributed by atoms with Crippen LogP contribution in [0.25, 0.3) is 22.1 Å². The van der Waals surface area contributed by atoms with Crippen molar-refractivity contribution in [2.45, 2.75) is 32.0 Å². The molecule has 7 nitrogen and oxygen atoms in total. The van der Waals surface area contributed by atoms with Gasteiger partial charge in [0, 0.05) is 22.9 Å². The fourth-order valence-corrected chi connectivity index (χ4v) is 3.58. The number of hydrogen-bond acceptors (Lipinski definition) is 6. The highest BCUT2D eigenvalue weighted by Gasteiger charge is 2.49. The molecule has 2 amide bonds. The van der Waals surface area contributed by atoms with E-state index in [9.17, 15) is 9.59 Å². The zero-order chi connectivity index (χ0) is 18.8. The fourth-order valence-electron chi connectivity index (χ4n) is 3.58. The normalized spacial score (nSPS) is 24.6. The Morgan fingerprint density at radius 1 is 0.963 bits per heavy atom. The van der Waals surface area contributed by atoms with E-state index in [0.717, 1.165) is 21.3 Å². The lowest BCUT2D eigenvalue weighted by Gasteiger charge is -2.25. The van der Waals surface area contributed by atoms with Gasteiger partial charge in [-0.3, -0.25) is 9.59 Å². The second-order valence-electron chi connectivity index (χ2n) is 7.01. The van der Waals surface area contributed by atoms with E-state index < -0.39 is 29.9 Å². The standard InChI is InChI=1S/C20H16N2O5/c1-20(2)26-17(19(27-20)22-15(23)9-10-16(22)24)13-8-7-12-11-5-3-4-6-14(11)25-18(12)21-13/h3-10,17,19H,1-2H3/t17?,19-/m0/s1. The number of ether oxygens (including phenoxy) is 2. The minimum Gasteiger partial charge on any atom is -0.438 e. The molecule has 2 atom stereocenters. The first-order chi connectivity index (χ1) is 12.9. The molecule has 0 N–H and O–H groups in total. The first-order valence-electron chi connectivity index (χ1n) is 8.62. The van der Waals surface area contributed by atoms with Gasteiger partial charge in [0.25, 0.3) is 11.8 Å². The average molecular weight is 364 g/mol. The van der Waals surface area contributed by atoms with Crippen LogP contribution in [0.3, 0.4) is 0 Å². The molecule has 136 valence electrons. The van der Waals surface area contributed by atoms with E-state index in [1.807, 2.05) is 36.4 Å². The molecule has 3 aromatic rings. The van der Waals surface area contributed by atoms with Crippen LogP contribution in [-0.4, -0.2) is 33.7 Å². The van der Waals surface area contributed by atoms with Gasteiger partial charge in [-0.2, -0.15) is 0 Å². The zero-order valence-corrected chi connectivity index (χ0v) is 14.7. The number of hydrogen-bond donors (Lipinski definition) is 0. The van der Waals surface area contributed by atoms with Crippen LogP contribution in [0.1, 0.15) is 25.6 Å². The summed E-state index contributed by atoms with van der Waals surface area (Å²) in [7, 11) is 0. The number of amides is 2. The number of rotatable bonds is 2. The molecule has 0 aliphatic carbocycles. The largest absolute Gasteiger partial charge is 0.438 e. The molecule has 0 bridgehead atoms. The second kappa shape index (κ2) is 5.48. The van der Waals surface area contributed by atoms with Crippen molar-refractivity contribution in [3.63, 3.8) is 0 Å². The Balaban J connectivity index is 1.59. The molecule has 27 heavy (non-hydrogen) atoms. The van der Waals surface area contributed by atoms with Gasteiger partial charge in [0.15, 0.2) is 12.0 Å². The maximum absolute atomic E-state index is 12.1. The van der Waals surface area contributed by atoms with E-state index in [1.54, 1.807) is 13.8 Å². The van der Waals surface area contributed by atoms with Crippen LogP contribution in [0.2, 0.25) is 0 Å². The summed E-state index contributed by atoms with van der Waals surface area (Å²) in [5.41, 5.74) is 1.74. The Kier molecular flexibility index (Phi) is 3.28. The lowest BCUT2D eigenvalue weighted by molar-refractivity contribution is -0.170. The van der Waals surface area contributed by atoms with Crippen molar-refractivity contribution in [3.8, 4) is 0 Å². The maximum atomic E-state index is 12.1. The molecule has 5 rings (SSSR count). The van der Waals surface area contributed by atoms with Crippen molar-refractivity contribution >= 4 is 33.9 Å². The Labute approximate surface area is 154 Å². The third-order valence-electron chi connectivity index (χ3n) is 4.73. The molecule has 0 spiro atoms. The average Bonchev–Trinajstić information content (AvgIpc) is 3.27. The Morgan fingerprint density at radius 2 is 1.70 bits per heavy atom. The minimum absolute atomic E-state index is 0.430. The Hall–Kier alpha value is -3.03. The first-order valence-corrected chi connectivity index (χ1v) is 8.62. The van der Waals surface area contributed by atoms with Crippen LogP contribution in [0.5, 0.6) is 0 Å². The number of carbonyl (C=O) groups is 2. The van der Waals surface area contributed by atoms with Crippen molar-refractivity contribution in [2.75, 3.05) is 0 Å². The predicted molar refractivity (Wildman–Crippen MR) is 95.3 cm³/mol. The summed E-state index contributed by atoms with van der Waals surface area (Å²) < 4.78 is 17.7. The molecular formula is C20H16N2O5. The lowest BCUT2D eigenvalue weighted by atomic mass is 10.1. The van der Waals surface area contributed by atoms with E-state index in [4.69, 9.17) is 13.9 Å². The van der Waals surface area contributed by atoms with Crippen LogP contribution in [0.15, 0.2) is 53.0 Å². The molecule has 1 aromatic carbocycles. The number of nitrogens with zero attached hydrogens (tertiary/aromatic N) is 2. The van der Waals surface area contributed by atoms with Gasteiger partial charge in [-0.25, -0.2) is 9.88 Å². The van der Waals surface area contributed by atoms with Crippen LogP contribution in [-0.2, 0) is 19.1 Å². The van der Waals surface area contributed by atoms with Gasteiger partial charge >= 0.3 is 0 Å². The molecule has 2 aliphatic rings. The van der Waals surface area contributed by atoms with E-state index in [0.29, 0.717) is 11.4 Å². The third kappa shape index (κ3) is 2.47. The smallest absolute Gasteiger partial charge is 0.255 e. The van der Waals surface area contributed by atoms with E-state index in [-0.39, 0.29) is 0 Å². The lowest BCUT2D eigenvalue weighted by Crippen LogP contribution is -2.43. The van der Waals surface area contributed by atoms with Crippen molar-refractivity contribution in [1.29, 1.82) is 0 Å². The van der Waals surface area contributed by atoms with Crippen molar-refractivity contribution in [1.82, 2.24) is 9.88 Å². The van der Waals surface area contributed by atoms with Crippen LogP contribution in [0.4, 0.5) is 0 Å². The van der Waals surface area contributed by atoms with Gasteiger partial charge in [0.2, 0.25) is 5.71 Å².